The highest BCUT2D eigenvalue weighted by Gasteiger charge is 2.31. The Labute approximate surface area is 184 Å². The molecule has 160 valence electrons. The van der Waals surface area contributed by atoms with Crippen LogP contribution in [0.1, 0.15) is 69.5 Å². The number of amides is 3. The summed E-state index contributed by atoms with van der Waals surface area (Å²) in [5, 5.41) is 5.31. The molecule has 0 saturated heterocycles. The molecule has 6 nitrogen and oxygen atoms in total. The average Bonchev–Trinajstić information content (AvgIpc) is 3.45. The highest BCUT2D eigenvalue weighted by atomic mass is 32.1. The van der Waals surface area contributed by atoms with Gasteiger partial charge in [0.2, 0.25) is 5.91 Å². The number of nitrogens with zero attached hydrogens (tertiary/aromatic N) is 1. The summed E-state index contributed by atoms with van der Waals surface area (Å²) in [4.78, 5) is 41.6. The van der Waals surface area contributed by atoms with Gasteiger partial charge in [-0.2, -0.15) is 0 Å². The number of nitrogens with two attached hydrogens (primary N) is 1. The van der Waals surface area contributed by atoms with E-state index in [1.165, 1.54) is 22.7 Å². The summed E-state index contributed by atoms with van der Waals surface area (Å²) in [5.41, 5.74) is 7.10. The minimum absolute atomic E-state index is 0.0153. The van der Waals surface area contributed by atoms with Crippen LogP contribution in [0, 0.1) is 5.92 Å². The zero-order valence-corrected chi connectivity index (χ0v) is 18.7. The number of carbonyl (C=O) groups excluding carboxylic acids is 3. The molecule has 2 aromatic heterocycles. The highest BCUT2D eigenvalue weighted by molar-refractivity contribution is 7.17. The zero-order chi connectivity index (χ0) is 21.3. The Morgan fingerprint density at radius 2 is 2.00 bits per heavy atom. The second-order valence-electron chi connectivity index (χ2n) is 8.32. The highest BCUT2D eigenvalue weighted by Crippen LogP contribution is 2.39. The smallest absolute Gasteiger partial charge is 0.264 e. The first-order chi connectivity index (χ1) is 14.4. The molecule has 1 atom stereocenters. The average molecular weight is 446 g/mol. The van der Waals surface area contributed by atoms with E-state index in [-0.39, 0.29) is 24.4 Å². The third kappa shape index (κ3) is 4.30. The van der Waals surface area contributed by atoms with E-state index in [9.17, 15) is 14.4 Å². The molecule has 4 rings (SSSR count). The Kier molecular flexibility index (Phi) is 6.24. The van der Waals surface area contributed by atoms with Crippen LogP contribution in [-0.2, 0) is 17.6 Å². The van der Waals surface area contributed by atoms with Gasteiger partial charge in [0, 0.05) is 10.9 Å². The Bertz CT molecular complexity index is 945. The van der Waals surface area contributed by atoms with Crippen LogP contribution in [-0.4, -0.2) is 35.2 Å². The summed E-state index contributed by atoms with van der Waals surface area (Å²) in [6.07, 6.45) is 6.71. The van der Waals surface area contributed by atoms with E-state index in [0.29, 0.717) is 21.4 Å². The molecule has 0 aromatic carbocycles. The number of hydrogen-bond acceptors (Lipinski definition) is 5. The monoisotopic (exact) mass is 445 g/mol. The van der Waals surface area contributed by atoms with Crippen LogP contribution in [0.2, 0.25) is 0 Å². The Hall–Kier alpha value is -2.19. The van der Waals surface area contributed by atoms with E-state index in [1.54, 1.807) is 11.0 Å². The maximum atomic E-state index is 13.0. The van der Waals surface area contributed by atoms with Gasteiger partial charge in [0.25, 0.3) is 11.8 Å². The van der Waals surface area contributed by atoms with E-state index < -0.39 is 5.91 Å². The molecule has 1 fully saturated rings. The van der Waals surface area contributed by atoms with Gasteiger partial charge in [0.05, 0.1) is 10.4 Å². The Balaban J connectivity index is 1.54. The van der Waals surface area contributed by atoms with Crippen LogP contribution in [0.15, 0.2) is 17.5 Å². The largest absolute Gasteiger partial charge is 0.365 e. The molecular formula is C22H27N3O3S2. The summed E-state index contributed by atoms with van der Waals surface area (Å²) in [6, 6.07) is 3.73. The van der Waals surface area contributed by atoms with Crippen LogP contribution >= 0.6 is 22.7 Å². The summed E-state index contributed by atoms with van der Waals surface area (Å²) in [6.45, 7) is 2.18. The maximum Gasteiger partial charge on any atom is 0.264 e. The fourth-order valence-electron chi connectivity index (χ4n) is 4.54. The van der Waals surface area contributed by atoms with Crippen LogP contribution in [0.3, 0.4) is 0 Å². The van der Waals surface area contributed by atoms with Crippen molar-refractivity contribution in [3.8, 4) is 0 Å². The van der Waals surface area contributed by atoms with Crippen molar-refractivity contribution in [3.63, 3.8) is 0 Å². The first kappa shape index (κ1) is 21.1. The van der Waals surface area contributed by atoms with Crippen molar-refractivity contribution in [2.75, 3.05) is 11.9 Å². The fraction of sp³-hybridized carbons (Fsp3) is 0.500. The van der Waals surface area contributed by atoms with Gasteiger partial charge in [-0.15, -0.1) is 22.7 Å². The molecule has 8 heteroatoms. The van der Waals surface area contributed by atoms with Crippen LogP contribution in [0.25, 0.3) is 0 Å². The summed E-state index contributed by atoms with van der Waals surface area (Å²) < 4.78 is 0. The van der Waals surface area contributed by atoms with Crippen LogP contribution < -0.4 is 11.1 Å². The molecule has 2 aliphatic rings. The van der Waals surface area contributed by atoms with Gasteiger partial charge < -0.3 is 16.0 Å². The van der Waals surface area contributed by atoms with Crippen molar-refractivity contribution in [2.24, 2.45) is 11.7 Å². The normalized spacial score (nSPS) is 18.8. The molecule has 3 amide bonds. The molecule has 2 aliphatic carbocycles. The van der Waals surface area contributed by atoms with Crippen molar-refractivity contribution in [1.82, 2.24) is 4.90 Å². The van der Waals surface area contributed by atoms with Crippen LogP contribution in [0.5, 0.6) is 0 Å². The summed E-state index contributed by atoms with van der Waals surface area (Å²) >= 11 is 2.85. The van der Waals surface area contributed by atoms with Crippen molar-refractivity contribution >= 4 is 45.4 Å². The number of carbonyl (C=O) groups is 3. The standard InChI is InChI=1S/C22H27N3O3S2/c1-13-8-9-15-17(11-13)30-21(19(15)20(23)27)24-18(26)12-25(14-5-2-3-6-14)22(28)16-7-4-10-29-16/h4,7,10,13-14H,2-3,5-6,8-9,11-12H2,1H3,(H2,23,27)(H,24,26)/t13-/m0/s1. The first-order valence-corrected chi connectivity index (χ1v) is 12.2. The van der Waals surface area contributed by atoms with Crippen molar-refractivity contribution in [2.45, 2.75) is 57.9 Å². The minimum Gasteiger partial charge on any atom is -0.365 e. The topological polar surface area (TPSA) is 92.5 Å². The summed E-state index contributed by atoms with van der Waals surface area (Å²) in [5.74, 6) is -0.316. The van der Waals surface area contributed by atoms with E-state index in [2.05, 4.69) is 12.2 Å². The molecule has 3 N–H and O–H groups in total. The lowest BCUT2D eigenvalue weighted by Crippen LogP contribution is -2.43. The van der Waals surface area contributed by atoms with Gasteiger partial charge in [-0.25, -0.2) is 0 Å². The fourth-order valence-corrected chi connectivity index (χ4v) is 6.66. The molecule has 0 unspecified atom stereocenters. The number of anilines is 1. The predicted octanol–water partition coefficient (Wildman–Crippen LogP) is 4.06. The Morgan fingerprint density at radius 1 is 1.23 bits per heavy atom. The maximum absolute atomic E-state index is 13.0. The number of primary amides is 1. The quantitative estimate of drug-likeness (QED) is 0.702. The van der Waals surface area contributed by atoms with Gasteiger partial charge >= 0.3 is 0 Å². The van der Waals surface area contributed by atoms with E-state index in [0.717, 1.165) is 55.4 Å². The lowest BCUT2D eigenvalue weighted by Gasteiger charge is -2.28. The van der Waals surface area contributed by atoms with Gasteiger partial charge in [0.15, 0.2) is 0 Å². The molecule has 1 saturated carbocycles. The van der Waals surface area contributed by atoms with Crippen molar-refractivity contribution < 1.29 is 14.4 Å². The first-order valence-electron chi connectivity index (χ1n) is 10.5. The van der Waals surface area contributed by atoms with E-state index >= 15 is 0 Å². The molecule has 0 bridgehead atoms. The summed E-state index contributed by atoms with van der Waals surface area (Å²) in [7, 11) is 0. The second-order valence-corrected chi connectivity index (χ2v) is 10.4. The molecule has 2 heterocycles. The zero-order valence-electron chi connectivity index (χ0n) is 17.1. The Morgan fingerprint density at radius 3 is 2.67 bits per heavy atom. The van der Waals surface area contributed by atoms with E-state index in [4.69, 9.17) is 5.73 Å². The second kappa shape index (κ2) is 8.89. The van der Waals surface area contributed by atoms with Gasteiger partial charge in [-0.05, 0) is 55.0 Å². The third-order valence-corrected chi connectivity index (χ3v) is 8.11. The lowest BCUT2D eigenvalue weighted by molar-refractivity contribution is -0.117. The number of rotatable bonds is 6. The molecular weight excluding hydrogens is 418 g/mol. The van der Waals surface area contributed by atoms with Gasteiger partial charge in [0.1, 0.15) is 11.5 Å². The van der Waals surface area contributed by atoms with Crippen molar-refractivity contribution in [1.29, 1.82) is 0 Å². The van der Waals surface area contributed by atoms with Gasteiger partial charge in [-0.1, -0.05) is 25.8 Å². The molecule has 0 aliphatic heterocycles. The molecule has 2 aromatic rings. The number of nitrogens with one attached hydrogen (secondary N) is 1. The number of fused-ring (bicyclic) bond motifs is 1. The van der Waals surface area contributed by atoms with Crippen LogP contribution in [0.4, 0.5) is 5.00 Å². The molecule has 0 spiro atoms. The SMILES string of the molecule is C[C@H]1CCc2c(sc(NC(=O)CN(C(=O)c3cccs3)C3CCCC3)c2C(N)=O)C1. The van der Waals surface area contributed by atoms with E-state index in [1.807, 2.05) is 11.4 Å². The number of thiophene rings is 2. The predicted molar refractivity (Wildman–Crippen MR) is 120 cm³/mol. The number of hydrogen-bond donors (Lipinski definition) is 2. The van der Waals surface area contributed by atoms with Gasteiger partial charge in [-0.3, -0.25) is 14.4 Å². The van der Waals surface area contributed by atoms with Crippen molar-refractivity contribution in [3.05, 3.63) is 38.4 Å². The molecule has 0 radical (unpaired) electrons. The lowest BCUT2D eigenvalue weighted by atomic mass is 9.88. The minimum atomic E-state index is -0.500. The molecule has 30 heavy (non-hydrogen) atoms. The third-order valence-electron chi connectivity index (χ3n) is 6.08.